The molecule has 0 spiro atoms. The minimum atomic E-state index is -3.83. The highest BCUT2D eigenvalue weighted by molar-refractivity contribution is 7.89. The Labute approximate surface area is 148 Å². The van der Waals surface area contributed by atoms with Gasteiger partial charge in [-0.3, -0.25) is 4.79 Å². The molecule has 2 aromatic rings. The predicted octanol–water partition coefficient (Wildman–Crippen LogP) is 3.17. The van der Waals surface area contributed by atoms with Crippen LogP contribution < -0.4 is 9.46 Å². The summed E-state index contributed by atoms with van der Waals surface area (Å²) in [5.41, 5.74) is 1.69. The zero-order chi connectivity index (χ0) is 18.6. The molecular formula is C19H21NO4S. The molecule has 0 bridgehead atoms. The number of ether oxygens (including phenoxy) is 1. The predicted molar refractivity (Wildman–Crippen MR) is 97.1 cm³/mol. The van der Waals surface area contributed by atoms with Crippen molar-refractivity contribution in [2.75, 3.05) is 7.11 Å². The van der Waals surface area contributed by atoms with Gasteiger partial charge >= 0.3 is 0 Å². The van der Waals surface area contributed by atoms with Gasteiger partial charge in [0.05, 0.1) is 18.0 Å². The molecule has 0 aliphatic rings. The SMILES string of the molecule is C=C(C(C)=O)[C@@H](NS(=O)(=O)c1ccc(C)cc1)c1cccc(OC)c1. The van der Waals surface area contributed by atoms with Crippen molar-refractivity contribution in [2.45, 2.75) is 24.8 Å². The summed E-state index contributed by atoms with van der Waals surface area (Å²) < 4.78 is 33.2. The Kier molecular flexibility index (Phi) is 5.77. The van der Waals surface area contributed by atoms with Crippen molar-refractivity contribution >= 4 is 15.8 Å². The van der Waals surface area contributed by atoms with Crippen molar-refractivity contribution in [3.8, 4) is 5.75 Å². The molecule has 2 aromatic carbocycles. The zero-order valence-corrected chi connectivity index (χ0v) is 15.3. The Morgan fingerprint density at radius 3 is 2.36 bits per heavy atom. The summed E-state index contributed by atoms with van der Waals surface area (Å²) >= 11 is 0. The molecule has 25 heavy (non-hydrogen) atoms. The van der Waals surface area contributed by atoms with Gasteiger partial charge in [-0.15, -0.1) is 0 Å². The molecular weight excluding hydrogens is 338 g/mol. The van der Waals surface area contributed by atoms with Crippen LogP contribution in [-0.2, 0) is 14.8 Å². The van der Waals surface area contributed by atoms with Crippen LogP contribution in [0.2, 0.25) is 0 Å². The van der Waals surface area contributed by atoms with Crippen LogP contribution in [0.4, 0.5) is 0 Å². The third-order valence-corrected chi connectivity index (χ3v) is 5.27. The summed E-state index contributed by atoms with van der Waals surface area (Å²) in [5.74, 6) is 0.271. The third-order valence-electron chi connectivity index (χ3n) is 3.83. The van der Waals surface area contributed by atoms with E-state index in [9.17, 15) is 13.2 Å². The minimum absolute atomic E-state index is 0.127. The Hall–Kier alpha value is -2.44. The number of Topliss-reactive ketones (excluding diaryl/α,β-unsaturated/α-hetero) is 1. The molecule has 0 aromatic heterocycles. The van der Waals surface area contributed by atoms with Crippen molar-refractivity contribution in [1.29, 1.82) is 0 Å². The number of benzene rings is 2. The van der Waals surface area contributed by atoms with Gasteiger partial charge < -0.3 is 4.74 Å². The number of hydrogen-bond donors (Lipinski definition) is 1. The maximum absolute atomic E-state index is 12.7. The molecule has 0 aliphatic heterocycles. The van der Waals surface area contributed by atoms with E-state index in [1.165, 1.54) is 26.2 Å². The van der Waals surface area contributed by atoms with Gasteiger partial charge in [0.15, 0.2) is 5.78 Å². The summed E-state index contributed by atoms with van der Waals surface area (Å²) in [5, 5.41) is 0. The second-order valence-electron chi connectivity index (χ2n) is 5.73. The van der Waals surface area contributed by atoms with E-state index < -0.39 is 16.1 Å². The highest BCUT2D eigenvalue weighted by atomic mass is 32.2. The van der Waals surface area contributed by atoms with E-state index in [2.05, 4.69) is 11.3 Å². The standard InChI is InChI=1S/C19H21NO4S/c1-13-8-10-18(11-9-13)25(22,23)20-19(14(2)15(3)21)16-6-5-7-17(12-16)24-4/h5-12,19-20H,2H2,1,3-4H3/t19-/m1/s1. The number of ketones is 1. The van der Waals surface area contributed by atoms with Gasteiger partial charge in [-0.1, -0.05) is 36.4 Å². The van der Waals surface area contributed by atoms with Gasteiger partial charge in [0.2, 0.25) is 10.0 Å². The summed E-state index contributed by atoms with van der Waals surface area (Å²) in [4.78, 5) is 11.9. The number of nitrogens with one attached hydrogen (secondary N) is 1. The molecule has 132 valence electrons. The number of hydrogen-bond acceptors (Lipinski definition) is 4. The van der Waals surface area contributed by atoms with E-state index in [1.807, 2.05) is 6.92 Å². The molecule has 0 saturated heterocycles. The van der Waals surface area contributed by atoms with Crippen molar-refractivity contribution in [3.63, 3.8) is 0 Å². The fourth-order valence-corrected chi connectivity index (χ4v) is 3.52. The highest BCUT2D eigenvalue weighted by Crippen LogP contribution is 2.27. The molecule has 5 nitrogen and oxygen atoms in total. The number of methoxy groups -OCH3 is 1. The molecule has 0 unspecified atom stereocenters. The van der Waals surface area contributed by atoms with E-state index in [-0.39, 0.29) is 16.3 Å². The first-order chi connectivity index (χ1) is 11.7. The Morgan fingerprint density at radius 1 is 1.16 bits per heavy atom. The molecule has 0 saturated carbocycles. The zero-order valence-electron chi connectivity index (χ0n) is 14.4. The lowest BCUT2D eigenvalue weighted by molar-refractivity contribution is -0.113. The number of rotatable bonds is 7. The van der Waals surface area contributed by atoms with E-state index in [1.54, 1.807) is 36.4 Å². The lowest BCUT2D eigenvalue weighted by atomic mass is 9.98. The van der Waals surface area contributed by atoms with Crippen LogP contribution in [0.1, 0.15) is 24.1 Å². The average Bonchev–Trinajstić information content (AvgIpc) is 2.59. The quantitative estimate of drug-likeness (QED) is 0.771. The van der Waals surface area contributed by atoms with E-state index in [0.29, 0.717) is 11.3 Å². The topological polar surface area (TPSA) is 72.5 Å². The van der Waals surface area contributed by atoms with Crippen LogP contribution in [0.3, 0.4) is 0 Å². The van der Waals surface area contributed by atoms with Crippen LogP contribution >= 0.6 is 0 Å². The third kappa shape index (κ3) is 4.55. The summed E-state index contributed by atoms with van der Waals surface area (Å²) in [6, 6.07) is 12.5. The maximum atomic E-state index is 12.7. The lowest BCUT2D eigenvalue weighted by Gasteiger charge is -2.21. The molecule has 0 fully saturated rings. The fraction of sp³-hybridized carbons (Fsp3) is 0.211. The molecule has 0 aliphatic carbocycles. The lowest BCUT2D eigenvalue weighted by Crippen LogP contribution is -2.31. The van der Waals surface area contributed by atoms with Gasteiger partial charge in [-0.05, 0) is 43.7 Å². The van der Waals surface area contributed by atoms with Crippen molar-refractivity contribution < 1.29 is 17.9 Å². The smallest absolute Gasteiger partial charge is 0.241 e. The maximum Gasteiger partial charge on any atom is 0.241 e. The first kappa shape index (κ1) is 18.9. The van der Waals surface area contributed by atoms with Gasteiger partial charge in [0.25, 0.3) is 0 Å². The Morgan fingerprint density at radius 2 is 1.80 bits per heavy atom. The molecule has 6 heteroatoms. The molecule has 0 heterocycles. The number of aryl methyl sites for hydroxylation is 1. The van der Waals surface area contributed by atoms with Crippen LogP contribution in [0.5, 0.6) is 5.75 Å². The first-order valence-corrected chi connectivity index (χ1v) is 9.15. The van der Waals surface area contributed by atoms with Crippen LogP contribution in [0.15, 0.2) is 65.6 Å². The first-order valence-electron chi connectivity index (χ1n) is 7.67. The van der Waals surface area contributed by atoms with Crippen molar-refractivity contribution in [3.05, 3.63) is 71.8 Å². The van der Waals surface area contributed by atoms with Gasteiger partial charge in [-0.25, -0.2) is 8.42 Å². The molecule has 1 atom stereocenters. The summed E-state index contributed by atoms with van der Waals surface area (Å²) in [7, 11) is -2.31. The van der Waals surface area contributed by atoms with Crippen molar-refractivity contribution in [2.24, 2.45) is 0 Å². The minimum Gasteiger partial charge on any atom is -0.497 e. The van der Waals surface area contributed by atoms with Crippen LogP contribution in [0.25, 0.3) is 0 Å². The normalized spacial score (nSPS) is 12.4. The van der Waals surface area contributed by atoms with Gasteiger partial charge in [0.1, 0.15) is 5.75 Å². The second-order valence-corrected chi connectivity index (χ2v) is 7.44. The fourth-order valence-electron chi connectivity index (χ4n) is 2.31. The Bertz CT molecular complexity index is 886. The number of sulfonamides is 1. The summed E-state index contributed by atoms with van der Waals surface area (Å²) in [6.45, 7) is 6.99. The number of carbonyl (C=O) groups excluding carboxylic acids is 1. The molecule has 2 rings (SSSR count). The second kappa shape index (κ2) is 7.63. The van der Waals surface area contributed by atoms with Crippen LogP contribution in [0, 0.1) is 6.92 Å². The molecule has 0 amide bonds. The monoisotopic (exact) mass is 359 g/mol. The van der Waals surface area contributed by atoms with Crippen molar-refractivity contribution in [1.82, 2.24) is 4.72 Å². The number of carbonyl (C=O) groups is 1. The van der Waals surface area contributed by atoms with E-state index in [4.69, 9.17) is 4.74 Å². The van der Waals surface area contributed by atoms with Gasteiger partial charge in [0, 0.05) is 5.57 Å². The van der Waals surface area contributed by atoms with Gasteiger partial charge in [-0.2, -0.15) is 4.72 Å². The van der Waals surface area contributed by atoms with Crippen LogP contribution in [-0.4, -0.2) is 21.3 Å². The van der Waals surface area contributed by atoms with E-state index in [0.717, 1.165) is 5.56 Å². The molecule has 0 radical (unpaired) electrons. The highest BCUT2D eigenvalue weighted by Gasteiger charge is 2.25. The summed E-state index contributed by atoms with van der Waals surface area (Å²) in [6.07, 6.45) is 0. The largest absolute Gasteiger partial charge is 0.497 e. The Balaban J connectivity index is 2.44. The average molecular weight is 359 g/mol. The van der Waals surface area contributed by atoms with E-state index >= 15 is 0 Å². The molecule has 1 N–H and O–H groups in total.